The fourth-order valence-electron chi connectivity index (χ4n) is 3.17. The number of rotatable bonds is 5. The number of sulfonamides is 1. The number of hydrogen-bond donors (Lipinski definition) is 0. The molecule has 0 radical (unpaired) electrons. The van der Waals surface area contributed by atoms with Crippen LogP contribution in [0.4, 0.5) is 16.2 Å². The van der Waals surface area contributed by atoms with Crippen molar-refractivity contribution in [1.29, 1.82) is 0 Å². The van der Waals surface area contributed by atoms with Crippen molar-refractivity contribution >= 4 is 70.4 Å². The number of nitro groups is 2. The van der Waals surface area contributed by atoms with Gasteiger partial charge in [0, 0.05) is 61.1 Å². The molecular weight excluding hydrogens is 639 g/mol. The van der Waals surface area contributed by atoms with Gasteiger partial charge in [-0.3, -0.25) is 20.2 Å². The maximum absolute atomic E-state index is 12.8. The molecule has 40 heavy (non-hydrogen) atoms. The highest BCUT2D eigenvalue weighted by Crippen LogP contribution is 2.30. The van der Waals surface area contributed by atoms with E-state index >= 15 is 0 Å². The highest BCUT2D eigenvalue weighted by atomic mass is 35.7. The fraction of sp³-hybridized carbons (Fsp3) is 0.381. The number of nitro benzene ring substituents is 2. The first-order valence-electron chi connectivity index (χ1n) is 11.0. The minimum Gasteiger partial charge on any atom is -0.444 e. The number of ether oxygens (including phenoxy) is 1. The van der Waals surface area contributed by atoms with E-state index in [9.17, 15) is 41.9 Å². The fourth-order valence-corrected chi connectivity index (χ4v) is 6.57. The van der Waals surface area contributed by atoms with E-state index in [0.717, 1.165) is 34.6 Å². The van der Waals surface area contributed by atoms with Crippen LogP contribution in [0.25, 0.3) is 0 Å². The third kappa shape index (κ3) is 8.87. The summed E-state index contributed by atoms with van der Waals surface area (Å²) in [4.78, 5) is 32.5. The summed E-state index contributed by atoms with van der Waals surface area (Å²) in [6, 6.07) is 6.27. The maximum Gasteiger partial charge on any atom is 0.410 e. The smallest absolute Gasteiger partial charge is 0.410 e. The van der Waals surface area contributed by atoms with Gasteiger partial charge in [-0.15, -0.1) is 0 Å². The lowest BCUT2D eigenvalue weighted by atomic mass is 10.2. The number of hydrogen-bond acceptors (Lipinski definition) is 10. The Kier molecular flexibility index (Phi) is 10.7. The van der Waals surface area contributed by atoms with Crippen LogP contribution >= 0.6 is 33.9 Å². The van der Waals surface area contributed by atoms with Crippen molar-refractivity contribution in [3.8, 4) is 0 Å². The van der Waals surface area contributed by atoms with Crippen molar-refractivity contribution in [2.24, 2.45) is 0 Å². The molecule has 1 saturated heterocycles. The number of halogens is 3. The van der Waals surface area contributed by atoms with Gasteiger partial charge >= 0.3 is 6.09 Å². The Morgan fingerprint density at radius 3 is 1.68 bits per heavy atom. The summed E-state index contributed by atoms with van der Waals surface area (Å²) in [7, 11) is -3.06. The minimum atomic E-state index is -4.05. The molecule has 1 heterocycles. The quantitative estimate of drug-likeness (QED) is 0.248. The molecule has 220 valence electrons. The molecule has 2 aromatic rings. The normalized spacial score (nSPS) is 14.6. The lowest BCUT2D eigenvalue weighted by molar-refractivity contribution is -0.385. The average molecular weight is 662 g/mol. The predicted molar refractivity (Wildman–Crippen MR) is 146 cm³/mol. The van der Waals surface area contributed by atoms with Crippen molar-refractivity contribution < 1.29 is 36.2 Å². The third-order valence-corrected chi connectivity index (χ3v) is 9.21. The second-order valence-corrected chi connectivity index (χ2v) is 14.3. The Bertz CT molecular complexity index is 1520. The molecule has 3 rings (SSSR count). The Labute approximate surface area is 244 Å². The first-order valence-corrected chi connectivity index (χ1v) is 15.5. The largest absolute Gasteiger partial charge is 0.444 e. The molecule has 0 aromatic heterocycles. The maximum atomic E-state index is 12.8. The van der Waals surface area contributed by atoms with Gasteiger partial charge in [-0.05, 0) is 32.9 Å². The third-order valence-electron chi connectivity index (χ3n) is 5.02. The van der Waals surface area contributed by atoms with Gasteiger partial charge in [0.05, 0.1) is 19.9 Å². The molecule has 0 aliphatic carbocycles. The van der Waals surface area contributed by atoms with Crippen molar-refractivity contribution in [3.05, 3.63) is 66.7 Å². The second-order valence-electron chi connectivity index (χ2n) is 9.05. The number of benzene rings is 2. The highest BCUT2D eigenvalue weighted by molar-refractivity contribution is 8.13. The van der Waals surface area contributed by atoms with E-state index in [1.54, 1.807) is 20.8 Å². The van der Waals surface area contributed by atoms with Crippen molar-refractivity contribution in [2.45, 2.75) is 36.2 Å². The van der Waals surface area contributed by atoms with Crippen LogP contribution in [0.3, 0.4) is 0 Å². The molecule has 19 heteroatoms. The second kappa shape index (κ2) is 12.8. The zero-order valence-corrected chi connectivity index (χ0v) is 25.0. The van der Waals surface area contributed by atoms with Crippen LogP contribution in [0, 0.1) is 20.2 Å². The summed E-state index contributed by atoms with van der Waals surface area (Å²) >= 11 is 11.4. The van der Waals surface area contributed by atoms with Gasteiger partial charge in [-0.2, -0.15) is 4.31 Å². The van der Waals surface area contributed by atoms with E-state index in [1.165, 1.54) is 11.0 Å². The summed E-state index contributed by atoms with van der Waals surface area (Å²) < 4.78 is 53.7. The Hall–Kier alpha value is -2.76. The molecule has 1 fully saturated rings. The van der Waals surface area contributed by atoms with Crippen LogP contribution < -0.4 is 0 Å². The summed E-state index contributed by atoms with van der Waals surface area (Å²) in [5, 5.41) is 21.0. The first kappa shape index (κ1) is 33.4. The lowest BCUT2D eigenvalue weighted by Crippen LogP contribution is -2.51. The molecule has 0 spiro atoms. The number of nitrogens with zero attached hydrogens (tertiary/aromatic N) is 4. The molecule has 14 nitrogen and oxygen atoms in total. The van der Waals surface area contributed by atoms with Gasteiger partial charge in [-0.1, -0.05) is 23.2 Å². The average Bonchev–Trinajstić information content (AvgIpc) is 2.83. The Morgan fingerprint density at radius 2 is 1.27 bits per heavy atom. The van der Waals surface area contributed by atoms with Crippen LogP contribution in [0.2, 0.25) is 10.0 Å². The van der Waals surface area contributed by atoms with Gasteiger partial charge in [0.25, 0.3) is 20.4 Å². The SMILES string of the molecule is CC(C)(C)OC(=O)N1CCN(S(=O)(=O)c2cc([N+](=O)[O-])ccc2Cl)CC1.O=[N+]([O-])c1ccc(Cl)c(S(=O)(=O)Cl)c1. The van der Waals surface area contributed by atoms with Gasteiger partial charge in [0.15, 0.2) is 0 Å². The van der Waals surface area contributed by atoms with Crippen molar-refractivity contribution in [2.75, 3.05) is 26.2 Å². The summed E-state index contributed by atoms with van der Waals surface area (Å²) in [6.07, 6.45) is -0.511. The van der Waals surface area contributed by atoms with Gasteiger partial charge in [0.1, 0.15) is 15.4 Å². The number of carbonyl (C=O) groups excluding carboxylic acids is 1. The van der Waals surface area contributed by atoms with E-state index in [2.05, 4.69) is 0 Å². The van der Waals surface area contributed by atoms with E-state index in [0.29, 0.717) is 0 Å². The number of carbonyl (C=O) groups is 1. The number of amides is 1. The van der Waals surface area contributed by atoms with E-state index in [4.69, 9.17) is 38.6 Å². The van der Waals surface area contributed by atoms with Crippen LogP contribution in [-0.2, 0) is 23.8 Å². The monoisotopic (exact) mass is 660 g/mol. The summed E-state index contributed by atoms with van der Waals surface area (Å²) in [5.41, 5.74) is -1.38. The lowest BCUT2D eigenvalue weighted by Gasteiger charge is -2.35. The standard InChI is InChI=1S/C15H20ClN3O6S.C6H3Cl2NO4S/c1-15(2,3)25-14(20)17-6-8-18(9-7-17)26(23,24)13-10-11(19(21)22)4-5-12(13)16;7-5-2-1-4(9(10)11)3-6(5)14(8,12)13/h4-5,10H,6-9H2,1-3H3;1-3H. The van der Waals surface area contributed by atoms with E-state index < -0.39 is 45.5 Å². The van der Waals surface area contributed by atoms with Crippen LogP contribution in [0.1, 0.15) is 20.8 Å². The van der Waals surface area contributed by atoms with Crippen molar-refractivity contribution in [3.63, 3.8) is 0 Å². The molecule has 1 aliphatic heterocycles. The van der Waals surface area contributed by atoms with Crippen molar-refractivity contribution in [1.82, 2.24) is 9.21 Å². The van der Waals surface area contributed by atoms with Gasteiger partial charge in [-0.25, -0.2) is 21.6 Å². The minimum absolute atomic E-state index is 0.0423. The van der Waals surface area contributed by atoms with E-state index in [1.807, 2.05) is 0 Å². The Morgan fingerprint density at radius 1 is 0.850 bits per heavy atom. The molecule has 0 bridgehead atoms. The zero-order chi connectivity index (χ0) is 30.6. The number of non-ortho nitro benzene ring substituents is 2. The predicted octanol–water partition coefficient (Wildman–Crippen LogP) is 4.67. The molecule has 0 saturated carbocycles. The topological polar surface area (TPSA) is 187 Å². The van der Waals surface area contributed by atoms with Crippen LogP contribution in [0.5, 0.6) is 0 Å². The first-order chi connectivity index (χ1) is 18.2. The van der Waals surface area contributed by atoms with Gasteiger partial charge < -0.3 is 9.64 Å². The molecule has 0 unspecified atom stereocenters. The van der Waals surface area contributed by atoms with Gasteiger partial charge in [0.2, 0.25) is 10.0 Å². The molecule has 1 aliphatic rings. The molecular formula is C21H23Cl3N4O10S2. The zero-order valence-electron chi connectivity index (χ0n) is 21.1. The van der Waals surface area contributed by atoms with E-state index in [-0.39, 0.29) is 52.5 Å². The summed E-state index contributed by atoms with van der Waals surface area (Å²) in [5.74, 6) is 0. The molecule has 1 amide bonds. The Balaban J connectivity index is 0.000000337. The highest BCUT2D eigenvalue weighted by Gasteiger charge is 2.34. The molecule has 2 aromatic carbocycles. The molecule has 0 atom stereocenters. The van der Waals surface area contributed by atoms with Crippen LogP contribution in [-0.4, -0.2) is 73.8 Å². The number of piperazine rings is 1. The molecule has 0 N–H and O–H groups in total. The van der Waals surface area contributed by atoms with Crippen LogP contribution in [0.15, 0.2) is 46.2 Å². The summed E-state index contributed by atoms with van der Waals surface area (Å²) in [6.45, 7) is 5.63.